The van der Waals surface area contributed by atoms with Crippen LogP contribution in [0.25, 0.3) is 0 Å². The van der Waals surface area contributed by atoms with Gasteiger partial charge in [-0.2, -0.15) is 0 Å². The lowest BCUT2D eigenvalue weighted by atomic mass is 10.3. The summed E-state index contributed by atoms with van der Waals surface area (Å²) in [6, 6.07) is 5.98. The van der Waals surface area contributed by atoms with E-state index in [1.807, 2.05) is 18.2 Å². The van der Waals surface area contributed by atoms with Gasteiger partial charge in [-0.1, -0.05) is 6.07 Å². The molecule has 82 valence electrons. The molecule has 3 nitrogen and oxygen atoms in total. The molecule has 1 aliphatic heterocycles. The summed E-state index contributed by atoms with van der Waals surface area (Å²) in [5, 5.41) is 0. The van der Waals surface area contributed by atoms with E-state index in [1.165, 1.54) is 0 Å². The Morgan fingerprint density at radius 3 is 3.13 bits per heavy atom. The van der Waals surface area contributed by atoms with Crippen molar-refractivity contribution in [3.63, 3.8) is 0 Å². The zero-order valence-corrected chi connectivity index (χ0v) is 9.41. The number of halogens is 1. The molecule has 0 amide bonds. The van der Waals surface area contributed by atoms with Crippen molar-refractivity contribution in [1.82, 2.24) is 4.98 Å². The number of aromatic nitrogens is 1. The molecule has 1 fully saturated rings. The molecule has 1 aromatic heterocycles. The summed E-state index contributed by atoms with van der Waals surface area (Å²) < 4.78 is 5.41. The van der Waals surface area contributed by atoms with E-state index in [0.29, 0.717) is 5.88 Å². The van der Waals surface area contributed by atoms with Gasteiger partial charge in [0, 0.05) is 19.7 Å². The molecule has 0 saturated carbocycles. The van der Waals surface area contributed by atoms with Crippen LogP contribution in [-0.2, 0) is 10.6 Å². The number of nitrogens with zero attached hydrogens (tertiary/aromatic N) is 2. The molecule has 0 spiro atoms. The number of alkyl halides is 1. The third-order valence-electron chi connectivity index (χ3n) is 2.48. The Balaban J connectivity index is 2.12. The van der Waals surface area contributed by atoms with E-state index in [-0.39, 0.29) is 0 Å². The standard InChI is InChI=1S/C11H15ClN2O/c12-9-10-3-1-4-11(13-10)14-5-2-7-15-8-6-14/h1,3-4H,2,5-9H2. The fraction of sp³-hybridized carbons (Fsp3) is 0.545. The van der Waals surface area contributed by atoms with Gasteiger partial charge in [0.1, 0.15) is 5.82 Å². The zero-order chi connectivity index (χ0) is 10.5. The van der Waals surface area contributed by atoms with Crippen LogP contribution in [0.2, 0.25) is 0 Å². The Kier molecular flexibility index (Phi) is 3.80. The molecule has 1 saturated heterocycles. The number of ether oxygens (including phenoxy) is 1. The van der Waals surface area contributed by atoms with Crippen LogP contribution in [0.3, 0.4) is 0 Å². The molecule has 0 N–H and O–H groups in total. The van der Waals surface area contributed by atoms with E-state index >= 15 is 0 Å². The minimum atomic E-state index is 0.470. The third kappa shape index (κ3) is 2.83. The second-order valence-electron chi connectivity index (χ2n) is 3.57. The van der Waals surface area contributed by atoms with Crippen LogP contribution >= 0.6 is 11.6 Å². The molecule has 15 heavy (non-hydrogen) atoms. The molecule has 4 heteroatoms. The van der Waals surface area contributed by atoms with Crippen LogP contribution in [0.4, 0.5) is 5.82 Å². The van der Waals surface area contributed by atoms with Crippen LogP contribution in [-0.4, -0.2) is 31.3 Å². The van der Waals surface area contributed by atoms with Gasteiger partial charge in [-0.25, -0.2) is 4.98 Å². The number of rotatable bonds is 2. The van der Waals surface area contributed by atoms with Crippen molar-refractivity contribution in [1.29, 1.82) is 0 Å². The maximum Gasteiger partial charge on any atom is 0.128 e. The normalized spacial score (nSPS) is 17.5. The first-order chi connectivity index (χ1) is 7.40. The van der Waals surface area contributed by atoms with Gasteiger partial charge in [0.25, 0.3) is 0 Å². The summed E-state index contributed by atoms with van der Waals surface area (Å²) in [4.78, 5) is 6.75. The summed E-state index contributed by atoms with van der Waals surface area (Å²) in [5.41, 5.74) is 0.930. The molecule has 2 heterocycles. The van der Waals surface area contributed by atoms with Crippen LogP contribution in [0.15, 0.2) is 18.2 Å². The van der Waals surface area contributed by atoms with Gasteiger partial charge in [0.05, 0.1) is 18.2 Å². The number of pyridine rings is 1. The van der Waals surface area contributed by atoms with Crippen molar-refractivity contribution in [2.75, 3.05) is 31.2 Å². The highest BCUT2D eigenvalue weighted by Crippen LogP contribution is 2.14. The van der Waals surface area contributed by atoms with Gasteiger partial charge in [-0.3, -0.25) is 0 Å². The first-order valence-electron chi connectivity index (χ1n) is 5.25. The summed E-state index contributed by atoms with van der Waals surface area (Å²) in [6.07, 6.45) is 1.06. The van der Waals surface area contributed by atoms with Gasteiger partial charge in [-0.15, -0.1) is 11.6 Å². The van der Waals surface area contributed by atoms with Crippen LogP contribution in [0, 0.1) is 0 Å². The first kappa shape index (κ1) is 10.7. The van der Waals surface area contributed by atoms with Gasteiger partial charge >= 0.3 is 0 Å². The maximum atomic E-state index is 5.76. The van der Waals surface area contributed by atoms with Gasteiger partial charge in [-0.05, 0) is 18.6 Å². The Morgan fingerprint density at radius 1 is 1.33 bits per heavy atom. The van der Waals surface area contributed by atoms with Crippen LogP contribution < -0.4 is 4.90 Å². The molecule has 0 radical (unpaired) electrons. The maximum absolute atomic E-state index is 5.76. The quantitative estimate of drug-likeness (QED) is 0.722. The van der Waals surface area contributed by atoms with Crippen molar-refractivity contribution in [3.8, 4) is 0 Å². The van der Waals surface area contributed by atoms with E-state index in [2.05, 4.69) is 9.88 Å². The predicted molar refractivity (Wildman–Crippen MR) is 61.4 cm³/mol. The van der Waals surface area contributed by atoms with Crippen molar-refractivity contribution >= 4 is 17.4 Å². The SMILES string of the molecule is ClCc1cccc(N2CCCOCC2)n1. The van der Waals surface area contributed by atoms with E-state index < -0.39 is 0 Å². The largest absolute Gasteiger partial charge is 0.380 e. The molecule has 0 aliphatic carbocycles. The Hall–Kier alpha value is -0.800. The topological polar surface area (TPSA) is 25.4 Å². The average Bonchev–Trinajstić information content (AvgIpc) is 2.58. The third-order valence-corrected chi connectivity index (χ3v) is 2.75. The molecular formula is C11H15ClN2O. The van der Waals surface area contributed by atoms with E-state index in [0.717, 1.165) is 44.2 Å². The molecular weight excluding hydrogens is 212 g/mol. The molecule has 0 aromatic carbocycles. The summed E-state index contributed by atoms with van der Waals surface area (Å²) in [6.45, 7) is 3.57. The first-order valence-corrected chi connectivity index (χ1v) is 5.78. The van der Waals surface area contributed by atoms with Crippen molar-refractivity contribution < 1.29 is 4.74 Å². The van der Waals surface area contributed by atoms with Gasteiger partial charge in [0.15, 0.2) is 0 Å². The monoisotopic (exact) mass is 226 g/mol. The molecule has 2 rings (SSSR count). The molecule has 0 atom stereocenters. The summed E-state index contributed by atoms with van der Waals surface area (Å²) in [5.74, 6) is 1.48. The summed E-state index contributed by atoms with van der Waals surface area (Å²) in [7, 11) is 0. The second-order valence-corrected chi connectivity index (χ2v) is 3.84. The highest BCUT2D eigenvalue weighted by Gasteiger charge is 2.10. The minimum Gasteiger partial charge on any atom is -0.380 e. The highest BCUT2D eigenvalue weighted by atomic mass is 35.5. The fourth-order valence-corrected chi connectivity index (χ4v) is 1.84. The number of anilines is 1. The van der Waals surface area contributed by atoms with Gasteiger partial charge < -0.3 is 9.64 Å². The minimum absolute atomic E-state index is 0.470. The molecule has 0 bridgehead atoms. The Morgan fingerprint density at radius 2 is 2.27 bits per heavy atom. The lowest BCUT2D eigenvalue weighted by molar-refractivity contribution is 0.152. The van der Waals surface area contributed by atoms with E-state index in [1.54, 1.807) is 0 Å². The zero-order valence-electron chi connectivity index (χ0n) is 8.66. The molecule has 0 unspecified atom stereocenters. The lowest BCUT2D eigenvalue weighted by Crippen LogP contribution is -2.26. The summed E-state index contributed by atoms with van der Waals surface area (Å²) >= 11 is 5.76. The number of hydrogen-bond donors (Lipinski definition) is 0. The highest BCUT2D eigenvalue weighted by molar-refractivity contribution is 6.16. The van der Waals surface area contributed by atoms with Crippen molar-refractivity contribution in [2.45, 2.75) is 12.3 Å². The van der Waals surface area contributed by atoms with Crippen LogP contribution in [0.1, 0.15) is 12.1 Å². The van der Waals surface area contributed by atoms with Crippen molar-refractivity contribution in [3.05, 3.63) is 23.9 Å². The molecule has 1 aromatic rings. The van der Waals surface area contributed by atoms with E-state index in [9.17, 15) is 0 Å². The second kappa shape index (κ2) is 5.33. The predicted octanol–water partition coefficient (Wildman–Crippen LogP) is 2.05. The Labute approximate surface area is 95.0 Å². The smallest absolute Gasteiger partial charge is 0.128 e. The van der Waals surface area contributed by atoms with E-state index in [4.69, 9.17) is 16.3 Å². The van der Waals surface area contributed by atoms with Crippen molar-refractivity contribution in [2.24, 2.45) is 0 Å². The Bertz CT molecular complexity index is 311. The lowest BCUT2D eigenvalue weighted by Gasteiger charge is -2.20. The van der Waals surface area contributed by atoms with Gasteiger partial charge in [0.2, 0.25) is 0 Å². The molecule has 1 aliphatic rings. The number of hydrogen-bond acceptors (Lipinski definition) is 3. The fourth-order valence-electron chi connectivity index (χ4n) is 1.69. The average molecular weight is 227 g/mol. The van der Waals surface area contributed by atoms with Crippen LogP contribution in [0.5, 0.6) is 0 Å².